The molecule has 0 unspecified atom stereocenters. The third-order valence-corrected chi connectivity index (χ3v) is 1.87. The van der Waals surface area contributed by atoms with Crippen molar-refractivity contribution in [2.24, 2.45) is 0 Å². The maximum atomic E-state index is 2.28. The van der Waals surface area contributed by atoms with Crippen LogP contribution in [0.4, 0.5) is 0 Å². The van der Waals surface area contributed by atoms with Gasteiger partial charge in [0, 0.05) is 0 Å². The SMILES string of the molecule is C\C=C/C(=C\CC)C(=C/C)/CC. The number of hydrogen-bond donors (Lipinski definition) is 0. The molecule has 0 radical (unpaired) electrons. The molecule has 0 rings (SSSR count). The van der Waals surface area contributed by atoms with Crippen molar-refractivity contribution in [2.45, 2.75) is 40.5 Å². The number of allylic oxidation sites excluding steroid dienone is 6. The Morgan fingerprint density at radius 3 is 2.17 bits per heavy atom. The molecule has 0 aromatic heterocycles. The van der Waals surface area contributed by atoms with E-state index in [1.54, 1.807) is 0 Å². The minimum Gasteiger partial charge on any atom is -0.0871 e. The lowest BCUT2D eigenvalue weighted by Crippen LogP contribution is -1.84. The zero-order valence-corrected chi connectivity index (χ0v) is 8.72. The Morgan fingerprint density at radius 2 is 1.83 bits per heavy atom. The molecule has 0 aromatic carbocycles. The molecule has 0 bridgehead atoms. The van der Waals surface area contributed by atoms with Crippen LogP contribution in [-0.4, -0.2) is 0 Å². The van der Waals surface area contributed by atoms with Crippen LogP contribution in [0.3, 0.4) is 0 Å². The molecule has 12 heavy (non-hydrogen) atoms. The van der Waals surface area contributed by atoms with Crippen LogP contribution in [0.5, 0.6) is 0 Å². The van der Waals surface area contributed by atoms with Gasteiger partial charge in [0.25, 0.3) is 0 Å². The van der Waals surface area contributed by atoms with Crippen LogP contribution in [0.25, 0.3) is 0 Å². The molecule has 68 valence electrons. The minimum atomic E-state index is 1.11. The van der Waals surface area contributed by atoms with E-state index in [4.69, 9.17) is 0 Å². The first-order valence-electron chi connectivity index (χ1n) is 4.78. The van der Waals surface area contributed by atoms with Crippen LogP contribution >= 0.6 is 0 Å². The first kappa shape index (κ1) is 11.2. The van der Waals surface area contributed by atoms with Gasteiger partial charge in [-0.1, -0.05) is 38.2 Å². The van der Waals surface area contributed by atoms with Crippen molar-refractivity contribution in [3.63, 3.8) is 0 Å². The predicted molar refractivity (Wildman–Crippen MR) is 57.2 cm³/mol. The Morgan fingerprint density at radius 1 is 1.17 bits per heavy atom. The third-order valence-electron chi connectivity index (χ3n) is 1.87. The Balaban J connectivity index is 4.61. The van der Waals surface area contributed by atoms with Gasteiger partial charge in [-0.2, -0.15) is 0 Å². The van der Waals surface area contributed by atoms with Gasteiger partial charge in [0.1, 0.15) is 0 Å². The van der Waals surface area contributed by atoms with Crippen molar-refractivity contribution in [2.75, 3.05) is 0 Å². The van der Waals surface area contributed by atoms with E-state index >= 15 is 0 Å². The quantitative estimate of drug-likeness (QED) is 0.545. The average Bonchev–Trinajstić information content (AvgIpc) is 2.07. The lowest BCUT2D eigenvalue weighted by molar-refractivity contribution is 1.10. The molecule has 0 saturated carbocycles. The van der Waals surface area contributed by atoms with Gasteiger partial charge in [0.05, 0.1) is 0 Å². The van der Waals surface area contributed by atoms with Crippen molar-refractivity contribution >= 4 is 0 Å². The molecule has 0 aliphatic rings. The molecule has 0 fully saturated rings. The molecular formula is C12H20. The topological polar surface area (TPSA) is 0 Å². The first-order valence-corrected chi connectivity index (χ1v) is 4.78. The van der Waals surface area contributed by atoms with E-state index in [0.29, 0.717) is 0 Å². The lowest BCUT2D eigenvalue weighted by atomic mass is 10.0. The van der Waals surface area contributed by atoms with Crippen molar-refractivity contribution < 1.29 is 0 Å². The number of hydrogen-bond acceptors (Lipinski definition) is 0. The van der Waals surface area contributed by atoms with Crippen molar-refractivity contribution in [1.82, 2.24) is 0 Å². The highest BCUT2D eigenvalue weighted by Crippen LogP contribution is 2.15. The zero-order valence-electron chi connectivity index (χ0n) is 8.72. The normalized spacial score (nSPS) is 14.3. The number of rotatable bonds is 4. The first-order chi connectivity index (χ1) is 5.79. The molecule has 0 nitrogen and oxygen atoms in total. The molecule has 0 saturated heterocycles. The van der Waals surface area contributed by atoms with Crippen LogP contribution < -0.4 is 0 Å². The maximum Gasteiger partial charge on any atom is -0.0271 e. The van der Waals surface area contributed by atoms with Crippen LogP contribution in [0.1, 0.15) is 40.5 Å². The zero-order chi connectivity index (χ0) is 9.40. The summed E-state index contributed by atoms with van der Waals surface area (Å²) in [7, 11) is 0. The monoisotopic (exact) mass is 164 g/mol. The standard InChI is InChI=1S/C12H20/c1-5-9-12(10-6-2)11(7-3)8-4/h5,7,9-10H,6,8H2,1-4H3/b9-5-,11-7+,12-10+. The van der Waals surface area contributed by atoms with E-state index in [1.165, 1.54) is 11.1 Å². The molecule has 0 aliphatic heterocycles. The van der Waals surface area contributed by atoms with Gasteiger partial charge in [-0.3, -0.25) is 0 Å². The summed E-state index contributed by atoms with van der Waals surface area (Å²) in [4.78, 5) is 0. The van der Waals surface area contributed by atoms with Crippen LogP contribution in [0.15, 0.2) is 35.5 Å². The van der Waals surface area contributed by atoms with Gasteiger partial charge in [0.15, 0.2) is 0 Å². The molecule has 0 N–H and O–H groups in total. The summed E-state index contributed by atoms with van der Waals surface area (Å²) < 4.78 is 0. The highest BCUT2D eigenvalue weighted by Gasteiger charge is 1.95. The van der Waals surface area contributed by atoms with E-state index < -0.39 is 0 Å². The van der Waals surface area contributed by atoms with Crippen LogP contribution in [-0.2, 0) is 0 Å². The Bertz CT molecular complexity index is 192. The Hall–Kier alpha value is -0.780. The van der Waals surface area contributed by atoms with Gasteiger partial charge >= 0.3 is 0 Å². The van der Waals surface area contributed by atoms with Crippen molar-refractivity contribution in [3.8, 4) is 0 Å². The summed E-state index contributed by atoms with van der Waals surface area (Å²) in [6, 6.07) is 0. The second-order valence-corrected chi connectivity index (χ2v) is 2.74. The Kier molecular flexibility index (Phi) is 6.45. The second-order valence-electron chi connectivity index (χ2n) is 2.74. The predicted octanol–water partition coefficient (Wildman–Crippen LogP) is 4.26. The summed E-state index contributed by atoms with van der Waals surface area (Å²) in [6.45, 7) is 8.53. The summed E-state index contributed by atoms with van der Waals surface area (Å²) >= 11 is 0. The maximum absolute atomic E-state index is 2.28. The molecule has 0 heteroatoms. The summed E-state index contributed by atoms with van der Waals surface area (Å²) in [5.74, 6) is 0. The van der Waals surface area contributed by atoms with E-state index in [2.05, 4.69) is 52.0 Å². The van der Waals surface area contributed by atoms with Crippen molar-refractivity contribution in [3.05, 3.63) is 35.5 Å². The second kappa shape index (κ2) is 6.90. The summed E-state index contributed by atoms with van der Waals surface area (Å²) in [6.07, 6.45) is 11.0. The summed E-state index contributed by atoms with van der Waals surface area (Å²) in [5.41, 5.74) is 2.82. The molecule has 0 aromatic rings. The highest BCUT2D eigenvalue weighted by atomic mass is 14.0. The van der Waals surface area contributed by atoms with Gasteiger partial charge in [-0.15, -0.1) is 0 Å². The molecule has 0 atom stereocenters. The smallest absolute Gasteiger partial charge is 0.0271 e. The fourth-order valence-corrected chi connectivity index (χ4v) is 1.28. The van der Waals surface area contributed by atoms with Gasteiger partial charge in [-0.25, -0.2) is 0 Å². The fourth-order valence-electron chi connectivity index (χ4n) is 1.28. The van der Waals surface area contributed by atoms with Gasteiger partial charge in [0.2, 0.25) is 0 Å². The average molecular weight is 164 g/mol. The van der Waals surface area contributed by atoms with Crippen molar-refractivity contribution in [1.29, 1.82) is 0 Å². The highest BCUT2D eigenvalue weighted by molar-refractivity contribution is 5.38. The van der Waals surface area contributed by atoms with E-state index in [0.717, 1.165) is 12.8 Å². The molecule has 0 aliphatic carbocycles. The van der Waals surface area contributed by atoms with Gasteiger partial charge < -0.3 is 0 Å². The molecular weight excluding hydrogens is 144 g/mol. The molecule has 0 amide bonds. The van der Waals surface area contributed by atoms with Crippen LogP contribution in [0, 0.1) is 0 Å². The largest absolute Gasteiger partial charge is 0.0871 e. The third kappa shape index (κ3) is 3.56. The lowest BCUT2D eigenvalue weighted by Gasteiger charge is -2.04. The molecule has 0 heterocycles. The van der Waals surface area contributed by atoms with Gasteiger partial charge in [-0.05, 0) is 37.8 Å². The molecule has 0 spiro atoms. The van der Waals surface area contributed by atoms with E-state index in [-0.39, 0.29) is 0 Å². The Labute approximate surface area is 76.7 Å². The van der Waals surface area contributed by atoms with E-state index in [9.17, 15) is 0 Å². The minimum absolute atomic E-state index is 1.11. The van der Waals surface area contributed by atoms with E-state index in [1.807, 2.05) is 0 Å². The van der Waals surface area contributed by atoms with Crippen LogP contribution in [0.2, 0.25) is 0 Å². The fraction of sp³-hybridized carbons (Fsp3) is 0.500. The summed E-state index contributed by atoms with van der Waals surface area (Å²) in [5, 5.41) is 0.